The van der Waals surface area contributed by atoms with Gasteiger partial charge in [-0.05, 0) is 13.5 Å². The molecular weight excluding hydrogens is 240 g/mol. The van der Waals surface area contributed by atoms with Crippen LogP contribution in [-0.4, -0.2) is 26.2 Å². The fourth-order valence-electron chi connectivity index (χ4n) is 1.97. The number of nitrogens with one attached hydrogen (secondary N) is 1. The Morgan fingerprint density at radius 1 is 0.895 bits per heavy atom. The highest BCUT2D eigenvalue weighted by Gasteiger charge is 1.99. The summed E-state index contributed by atoms with van der Waals surface area (Å²) < 4.78 is 5.05. The minimum Gasteiger partial charge on any atom is -0.465 e. The first-order valence-corrected chi connectivity index (χ1v) is 7.61. The van der Waals surface area contributed by atoms with Crippen molar-refractivity contribution >= 4 is 5.97 Å². The Morgan fingerprint density at radius 2 is 1.37 bits per heavy atom. The van der Waals surface area contributed by atoms with E-state index in [2.05, 4.69) is 12.2 Å². The van der Waals surface area contributed by atoms with Crippen LogP contribution in [0.25, 0.3) is 0 Å². The van der Waals surface area contributed by atoms with Crippen LogP contribution in [0.15, 0.2) is 0 Å². The Kier molecular flexibility index (Phi) is 18.9. The maximum Gasteiger partial charge on any atom is 0.319 e. The molecule has 4 heteroatoms. The molecule has 19 heavy (non-hydrogen) atoms. The van der Waals surface area contributed by atoms with Crippen molar-refractivity contribution in [2.75, 3.05) is 20.2 Å². The molecule has 4 nitrogen and oxygen atoms in total. The minimum absolute atomic E-state index is 0. The maximum absolute atomic E-state index is 11.0. The first-order chi connectivity index (χ1) is 8.81. The molecule has 0 aliphatic rings. The standard InChI is InChI=1S/C15H31NO2.H3N/c1-3-4-5-6-7-8-9-10-11-12-13-18-15(17)14-16-2;/h16H,3-14H2,1-2H3;1H3. The predicted octanol–water partition coefficient (Wildman–Crippen LogP) is 3.83. The van der Waals surface area contributed by atoms with Gasteiger partial charge in [0.2, 0.25) is 0 Å². The van der Waals surface area contributed by atoms with Crippen molar-refractivity contribution in [3.8, 4) is 0 Å². The second kappa shape index (κ2) is 17.4. The van der Waals surface area contributed by atoms with Crippen molar-refractivity contribution in [2.45, 2.75) is 71.1 Å². The molecule has 0 heterocycles. The predicted molar refractivity (Wildman–Crippen MR) is 81.8 cm³/mol. The molecule has 0 bridgehead atoms. The second-order valence-corrected chi connectivity index (χ2v) is 4.93. The van der Waals surface area contributed by atoms with Crippen LogP contribution in [0.5, 0.6) is 0 Å². The third-order valence-electron chi connectivity index (χ3n) is 3.08. The fraction of sp³-hybridized carbons (Fsp3) is 0.933. The monoisotopic (exact) mass is 274 g/mol. The molecule has 0 saturated carbocycles. The van der Waals surface area contributed by atoms with Crippen LogP contribution in [-0.2, 0) is 9.53 Å². The van der Waals surface area contributed by atoms with E-state index in [1.807, 2.05) is 0 Å². The molecule has 0 aromatic carbocycles. The second-order valence-electron chi connectivity index (χ2n) is 4.93. The van der Waals surface area contributed by atoms with Crippen LogP contribution >= 0.6 is 0 Å². The van der Waals surface area contributed by atoms with E-state index >= 15 is 0 Å². The average molecular weight is 274 g/mol. The van der Waals surface area contributed by atoms with Crippen LogP contribution in [0.3, 0.4) is 0 Å². The Balaban J connectivity index is 0. The molecule has 4 N–H and O–H groups in total. The third-order valence-corrected chi connectivity index (χ3v) is 3.08. The molecule has 0 aliphatic heterocycles. The van der Waals surface area contributed by atoms with Crippen molar-refractivity contribution in [3.05, 3.63) is 0 Å². The summed E-state index contributed by atoms with van der Waals surface area (Å²) in [5.74, 6) is -0.145. The molecule has 0 spiro atoms. The summed E-state index contributed by atoms with van der Waals surface area (Å²) in [5.41, 5.74) is 0. The van der Waals surface area contributed by atoms with Crippen LogP contribution < -0.4 is 11.5 Å². The highest BCUT2D eigenvalue weighted by atomic mass is 16.5. The van der Waals surface area contributed by atoms with Gasteiger partial charge in [0.05, 0.1) is 13.2 Å². The van der Waals surface area contributed by atoms with Gasteiger partial charge in [-0.2, -0.15) is 0 Å². The molecule has 0 radical (unpaired) electrons. The van der Waals surface area contributed by atoms with E-state index in [0.717, 1.165) is 6.42 Å². The third kappa shape index (κ3) is 17.4. The fourth-order valence-corrected chi connectivity index (χ4v) is 1.97. The minimum atomic E-state index is -0.145. The largest absolute Gasteiger partial charge is 0.465 e. The normalized spacial score (nSPS) is 10.0. The van der Waals surface area contributed by atoms with Crippen LogP contribution in [0.2, 0.25) is 0 Å². The Labute approximate surface area is 119 Å². The number of carbonyl (C=O) groups is 1. The van der Waals surface area contributed by atoms with E-state index in [9.17, 15) is 4.79 Å². The molecule has 0 unspecified atom stereocenters. The molecule has 0 amide bonds. The summed E-state index contributed by atoms with van der Waals surface area (Å²) in [5, 5.41) is 2.78. The van der Waals surface area contributed by atoms with E-state index in [1.165, 1.54) is 57.8 Å². The molecule has 0 rings (SSSR count). The van der Waals surface area contributed by atoms with Gasteiger partial charge in [0.15, 0.2) is 0 Å². The number of hydrogen-bond acceptors (Lipinski definition) is 4. The van der Waals surface area contributed by atoms with E-state index in [0.29, 0.717) is 13.2 Å². The molecule has 0 aromatic heterocycles. The van der Waals surface area contributed by atoms with Gasteiger partial charge in [0, 0.05) is 0 Å². The van der Waals surface area contributed by atoms with E-state index in [4.69, 9.17) is 4.74 Å². The first kappa shape index (κ1) is 20.7. The average Bonchev–Trinajstić information content (AvgIpc) is 2.36. The lowest BCUT2D eigenvalue weighted by molar-refractivity contribution is -0.142. The van der Waals surface area contributed by atoms with Gasteiger partial charge in [-0.3, -0.25) is 4.79 Å². The quantitative estimate of drug-likeness (QED) is 0.395. The van der Waals surface area contributed by atoms with Gasteiger partial charge < -0.3 is 16.2 Å². The van der Waals surface area contributed by atoms with E-state index < -0.39 is 0 Å². The zero-order valence-corrected chi connectivity index (χ0v) is 13.0. The topological polar surface area (TPSA) is 73.3 Å². The van der Waals surface area contributed by atoms with Crippen molar-refractivity contribution in [1.29, 1.82) is 0 Å². The molecule has 0 aromatic rings. The highest BCUT2D eigenvalue weighted by molar-refractivity contribution is 5.71. The van der Waals surface area contributed by atoms with Crippen molar-refractivity contribution in [1.82, 2.24) is 11.5 Å². The summed E-state index contributed by atoms with van der Waals surface area (Å²) in [6, 6.07) is 0. The van der Waals surface area contributed by atoms with Gasteiger partial charge in [-0.15, -0.1) is 0 Å². The van der Waals surface area contributed by atoms with Crippen molar-refractivity contribution in [2.24, 2.45) is 0 Å². The van der Waals surface area contributed by atoms with Crippen LogP contribution in [0, 0.1) is 0 Å². The zero-order valence-electron chi connectivity index (χ0n) is 13.0. The first-order valence-electron chi connectivity index (χ1n) is 7.61. The van der Waals surface area contributed by atoms with E-state index in [1.54, 1.807) is 7.05 Å². The summed E-state index contributed by atoms with van der Waals surface area (Å²) >= 11 is 0. The van der Waals surface area contributed by atoms with Gasteiger partial charge in [-0.1, -0.05) is 64.7 Å². The van der Waals surface area contributed by atoms with Crippen LogP contribution in [0.1, 0.15) is 71.1 Å². The lowest BCUT2D eigenvalue weighted by atomic mass is 10.1. The Morgan fingerprint density at radius 3 is 1.84 bits per heavy atom. The zero-order chi connectivity index (χ0) is 13.5. The van der Waals surface area contributed by atoms with Gasteiger partial charge in [-0.25, -0.2) is 0 Å². The molecule has 0 saturated heterocycles. The number of likely N-dealkylation sites (N-methyl/N-ethyl adjacent to an activating group) is 1. The summed E-state index contributed by atoms with van der Waals surface area (Å²) in [6.45, 7) is 3.15. The van der Waals surface area contributed by atoms with E-state index in [-0.39, 0.29) is 12.1 Å². The summed E-state index contributed by atoms with van der Waals surface area (Å²) in [7, 11) is 1.75. The molecule has 0 aliphatic carbocycles. The maximum atomic E-state index is 11.0. The number of ether oxygens (including phenoxy) is 1. The molecule has 0 fully saturated rings. The molecule has 116 valence electrons. The Bertz CT molecular complexity index is 187. The number of unbranched alkanes of at least 4 members (excludes halogenated alkanes) is 9. The lowest BCUT2D eigenvalue weighted by Gasteiger charge is -2.04. The van der Waals surface area contributed by atoms with Gasteiger partial charge >= 0.3 is 5.97 Å². The SMILES string of the molecule is CCCCCCCCCCCCOC(=O)CNC.N. The Hall–Kier alpha value is -0.610. The van der Waals surface area contributed by atoms with Gasteiger partial charge in [0.1, 0.15) is 0 Å². The summed E-state index contributed by atoms with van der Waals surface area (Å²) in [4.78, 5) is 11.0. The smallest absolute Gasteiger partial charge is 0.319 e. The number of rotatable bonds is 13. The van der Waals surface area contributed by atoms with Crippen molar-refractivity contribution in [3.63, 3.8) is 0 Å². The molecular formula is C15H34N2O2. The van der Waals surface area contributed by atoms with Gasteiger partial charge in [0.25, 0.3) is 0 Å². The number of carbonyl (C=O) groups excluding carboxylic acids is 1. The lowest BCUT2D eigenvalue weighted by Crippen LogP contribution is -2.21. The highest BCUT2D eigenvalue weighted by Crippen LogP contribution is 2.10. The number of esters is 1. The molecule has 0 atom stereocenters. The van der Waals surface area contributed by atoms with Crippen LogP contribution in [0.4, 0.5) is 0 Å². The van der Waals surface area contributed by atoms with Crippen molar-refractivity contribution < 1.29 is 9.53 Å². The number of hydrogen-bond donors (Lipinski definition) is 2. The summed E-state index contributed by atoms with van der Waals surface area (Å²) in [6.07, 6.45) is 13.1.